The molecule has 162 valence electrons. The van der Waals surface area contributed by atoms with E-state index in [1.165, 1.54) is 56.7 Å². The Balaban J connectivity index is 2.31. The first-order chi connectivity index (χ1) is 14.7. The van der Waals surface area contributed by atoms with Crippen LogP contribution < -0.4 is 9.47 Å². The Morgan fingerprint density at radius 3 is 1.77 bits per heavy atom. The van der Waals surface area contributed by atoms with Gasteiger partial charge in [0.05, 0.1) is 14.2 Å². The molecule has 8 nitrogen and oxygen atoms in total. The second kappa shape index (κ2) is 10.5. The van der Waals surface area contributed by atoms with E-state index in [1.807, 2.05) is 0 Å². The molecule has 0 aromatic heterocycles. The summed E-state index contributed by atoms with van der Waals surface area (Å²) < 4.78 is 14.9. The van der Waals surface area contributed by atoms with Crippen LogP contribution >= 0.6 is 0 Å². The van der Waals surface area contributed by atoms with Gasteiger partial charge in [0.25, 0.3) is 0 Å². The number of allylic oxidation sites excluding steroid dienone is 2. The van der Waals surface area contributed by atoms with Crippen LogP contribution in [0.4, 0.5) is 0 Å². The minimum absolute atomic E-state index is 0.0498. The predicted molar refractivity (Wildman–Crippen MR) is 114 cm³/mol. The normalized spacial score (nSPS) is 12.0. The number of methoxy groups -OCH3 is 2. The molecule has 0 radical (unpaired) electrons. The van der Waals surface area contributed by atoms with Crippen LogP contribution in [0, 0.1) is 0 Å². The fraction of sp³-hybridized carbons (Fsp3) is 0.130. The second-order valence-electron chi connectivity index (χ2n) is 6.20. The first kappa shape index (κ1) is 23.1. The van der Waals surface area contributed by atoms with Crippen LogP contribution in [0.2, 0.25) is 0 Å². The molecule has 0 aliphatic carbocycles. The lowest BCUT2D eigenvalue weighted by Gasteiger charge is -2.06. The third-order valence-electron chi connectivity index (χ3n) is 3.97. The predicted octanol–water partition coefficient (Wildman–Crippen LogP) is 3.74. The van der Waals surface area contributed by atoms with Crippen LogP contribution in [0.3, 0.4) is 0 Å². The average Bonchev–Trinajstić information content (AvgIpc) is 2.75. The summed E-state index contributed by atoms with van der Waals surface area (Å²) in [6.07, 6.45) is 5.15. The van der Waals surface area contributed by atoms with Gasteiger partial charge in [0.2, 0.25) is 11.5 Å². The monoisotopic (exact) mass is 426 g/mol. The molecular weight excluding hydrogens is 404 g/mol. The van der Waals surface area contributed by atoms with E-state index >= 15 is 0 Å². The van der Waals surface area contributed by atoms with Gasteiger partial charge in [-0.15, -0.1) is 0 Å². The van der Waals surface area contributed by atoms with E-state index in [-0.39, 0.29) is 23.0 Å². The smallest absolute Gasteiger partial charge is 0.308 e. The number of phenolic OH excluding ortho intramolecular Hbond substituents is 2. The van der Waals surface area contributed by atoms with Crippen molar-refractivity contribution in [1.29, 1.82) is 0 Å². The summed E-state index contributed by atoms with van der Waals surface area (Å²) in [6, 6.07) is 8.95. The summed E-state index contributed by atoms with van der Waals surface area (Å²) in [5, 5.41) is 29.6. The van der Waals surface area contributed by atoms with Gasteiger partial charge in [-0.2, -0.15) is 0 Å². The van der Waals surface area contributed by atoms with Crippen molar-refractivity contribution >= 4 is 23.9 Å². The zero-order valence-corrected chi connectivity index (χ0v) is 17.2. The molecule has 0 fully saturated rings. The van der Waals surface area contributed by atoms with Crippen molar-refractivity contribution in [2.24, 2.45) is 0 Å². The van der Waals surface area contributed by atoms with Gasteiger partial charge < -0.3 is 29.5 Å². The van der Waals surface area contributed by atoms with Crippen LogP contribution in [0.15, 0.2) is 60.1 Å². The Morgan fingerprint density at radius 1 is 0.839 bits per heavy atom. The minimum Gasteiger partial charge on any atom is -0.504 e. The van der Waals surface area contributed by atoms with Gasteiger partial charge >= 0.3 is 5.97 Å². The Morgan fingerprint density at radius 2 is 1.32 bits per heavy atom. The summed E-state index contributed by atoms with van der Waals surface area (Å²) >= 11 is 0. The van der Waals surface area contributed by atoms with Gasteiger partial charge in [-0.05, 0) is 47.5 Å². The number of ether oxygens (including phenoxy) is 3. The van der Waals surface area contributed by atoms with Crippen molar-refractivity contribution in [1.82, 2.24) is 0 Å². The topological polar surface area (TPSA) is 123 Å². The Kier molecular flexibility index (Phi) is 7.85. The van der Waals surface area contributed by atoms with Crippen LogP contribution in [0.5, 0.6) is 23.0 Å². The number of aromatic hydroxyl groups is 2. The van der Waals surface area contributed by atoms with Gasteiger partial charge in [0.15, 0.2) is 28.8 Å². The van der Waals surface area contributed by atoms with Crippen molar-refractivity contribution in [3.05, 3.63) is 71.2 Å². The number of phenols is 2. The maximum absolute atomic E-state index is 12.5. The van der Waals surface area contributed by atoms with Crippen LogP contribution in [0.1, 0.15) is 18.1 Å². The van der Waals surface area contributed by atoms with Gasteiger partial charge in [0.1, 0.15) is 0 Å². The first-order valence-corrected chi connectivity index (χ1v) is 9.01. The van der Waals surface area contributed by atoms with E-state index in [2.05, 4.69) is 0 Å². The Bertz CT molecular complexity index is 1060. The molecule has 0 amide bonds. The maximum Gasteiger partial charge on any atom is 0.308 e. The molecule has 2 rings (SSSR count). The van der Waals surface area contributed by atoms with E-state index in [0.717, 1.165) is 13.0 Å². The van der Waals surface area contributed by atoms with Gasteiger partial charge in [-0.3, -0.25) is 9.59 Å². The van der Waals surface area contributed by atoms with E-state index in [1.54, 1.807) is 12.1 Å². The van der Waals surface area contributed by atoms with Crippen molar-refractivity contribution in [2.75, 3.05) is 14.2 Å². The molecule has 0 saturated heterocycles. The average molecular weight is 426 g/mol. The van der Waals surface area contributed by atoms with E-state index in [9.17, 15) is 24.9 Å². The molecule has 0 heterocycles. The van der Waals surface area contributed by atoms with E-state index in [4.69, 9.17) is 14.2 Å². The van der Waals surface area contributed by atoms with Crippen molar-refractivity contribution in [3.63, 3.8) is 0 Å². The molecule has 3 N–H and O–H groups in total. The number of carbonyl (C=O) groups excluding carboxylic acids is 2. The van der Waals surface area contributed by atoms with Crippen LogP contribution in [-0.4, -0.2) is 41.3 Å². The minimum atomic E-state index is -0.783. The number of esters is 1. The highest BCUT2D eigenvalue weighted by molar-refractivity contribution is 6.06. The molecule has 0 spiro atoms. The summed E-state index contributed by atoms with van der Waals surface area (Å²) in [5.74, 6) is -2.32. The zero-order chi connectivity index (χ0) is 23.0. The molecule has 8 heteroatoms. The second-order valence-corrected chi connectivity index (χ2v) is 6.20. The first-order valence-electron chi connectivity index (χ1n) is 9.01. The Labute approximate surface area is 178 Å². The standard InChI is InChI=1S/C23H22O8/c1-14(24)31-23(19(27)10-6-15-4-8-17(25)21(12-15)29-2)20(28)11-7-16-5-9-18(26)22(13-16)30-3/h4-13,25-27H,1-3H3/b10-6+,11-7+,23-19?. The molecule has 2 aromatic carbocycles. The van der Waals surface area contributed by atoms with Gasteiger partial charge in [-0.1, -0.05) is 24.3 Å². The van der Waals surface area contributed by atoms with Gasteiger partial charge in [0, 0.05) is 6.92 Å². The molecule has 0 aliphatic rings. The lowest BCUT2D eigenvalue weighted by Crippen LogP contribution is -2.10. The third kappa shape index (κ3) is 6.40. The molecule has 0 unspecified atom stereocenters. The summed E-state index contributed by atoms with van der Waals surface area (Å²) in [7, 11) is 2.79. The van der Waals surface area contributed by atoms with E-state index < -0.39 is 23.3 Å². The molecule has 0 atom stereocenters. The number of carbonyl (C=O) groups is 2. The molecule has 0 bridgehead atoms. The number of hydrogen-bond acceptors (Lipinski definition) is 8. The zero-order valence-electron chi connectivity index (χ0n) is 17.2. The summed E-state index contributed by atoms with van der Waals surface area (Å²) in [4.78, 5) is 23.9. The summed E-state index contributed by atoms with van der Waals surface area (Å²) in [6.45, 7) is 1.10. The van der Waals surface area contributed by atoms with Crippen LogP contribution in [-0.2, 0) is 14.3 Å². The Hall–Kier alpha value is -4.20. The number of rotatable bonds is 8. The molecular formula is C23H22O8. The number of ketones is 1. The number of aliphatic hydroxyl groups is 1. The third-order valence-corrected chi connectivity index (χ3v) is 3.97. The largest absolute Gasteiger partial charge is 0.504 e. The maximum atomic E-state index is 12.5. The number of aliphatic hydroxyl groups excluding tert-OH is 1. The highest BCUT2D eigenvalue weighted by Gasteiger charge is 2.16. The van der Waals surface area contributed by atoms with Crippen LogP contribution in [0.25, 0.3) is 12.2 Å². The van der Waals surface area contributed by atoms with Crippen molar-refractivity contribution < 1.29 is 39.1 Å². The lowest BCUT2D eigenvalue weighted by atomic mass is 10.1. The fourth-order valence-corrected chi connectivity index (χ4v) is 2.47. The van der Waals surface area contributed by atoms with Crippen molar-refractivity contribution in [3.8, 4) is 23.0 Å². The summed E-state index contributed by atoms with van der Waals surface area (Å²) in [5.41, 5.74) is 1.10. The lowest BCUT2D eigenvalue weighted by molar-refractivity contribution is -0.139. The quantitative estimate of drug-likeness (QED) is 0.252. The van der Waals surface area contributed by atoms with Gasteiger partial charge in [-0.25, -0.2) is 0 Å². The van der Waals surface area contributed by atoms with Crippen molar-refractivity contribution in [2.45, 2.75) is 6.92 Å². The highest BCUT2D eigenvalue weighted by Crippen LogP contribution is 2.28. The highest BCUT2D eigenvalue weighted by atomic mass is 16.5. The number of hydrogen-bond donors (Lipinski definition) is 3. The fourth-order valence-electron chi connectivity index (χ4n) is 2.47. The van der Waals surface area contributed by atoms with E-state index in [0.29, 0.717) is 11.1 Å². The molecule has 0 saturated carbocycles. The number of benzene rings is 2. The SMILES string of the molecule is COc1cc(/C=C/C(=O)C(OC(C)=O)=C(O)/C=C/c2ccc(O)c(OC)c2)ccc1O. The molecule has 31 heavy (non-hydrogen) atoms. The molecule has 2 aromatic rings. The molecule has 0 aliphatic heterocycles.